The number of carboxylic acid groups (broad SMARTS) is 8. The minimum absolute atomic E-state index is 0. The molecule has 59 heteroatoms. The van der Waals surface area contributed by atoms with Crippen molar-refractivity contribution in [3.8, 4) is 0 Å². The molecule has 0 aliphatic heterocycles. The summed E-state index contributed by atoms with van der Waals surface area (Å²) in [6.07, 6.45) is -0.346. The third kappa shape index (κ3) is 155. The van der Waals surface area contributed by atoms with Crippen LogP contribution in [0.5, 0.6) is 0 Å². The van der Waals surface area contributed by atoms with Gasteiger partial charge in [0, 0.05) is 144 Å². The van der Waals surface area contributed by atoms with E-state index >= 15 is 0 Å². The number of ether oxygens (including phenoxy) is 12. The molecular formula is C80H120Hf3O52S4. The molecule has 0 amide bonds. The van der Waals surface area contributed by atoms with Gasteiger partial charge in [-0.2, -0.15) is 33.7 Å². The van der Waals surface area contributed by atoms with Crippen molar-refractivity contribution in [3.63, 3.8) is 0 Å². The first-order chi connectivity index (χ1) is 61.6. The van der Waals surface area contributed by atoms with Crippen molar-refractivity contribution < 1.29 is 323 Å². The van der Waals surface area contributed by atoms with Crippen LogP contribution in [0.4, 0.5) is 0 Å². The maximum Gasteiger partial charge on any atom is 0.341 e. The molecule has 0 aliphatic carbocycles. The van der Waals surface area contributed by atoms with Gasteiger partial charge in [0.15, 0.2) is 26.4 Å². The molecule has 788 valence electrons. The van der Waals surface area contributed by atoms with E-state index < -0.39 is 209 Å². The van der Waals surface area contributed by atoms with E-state index in [1.807, 2.05) is 0 Å². The number of carbonyl (C=O) groups excluding carboxylic acids is 12. The summed E-state index contributed by atoms with van der Waals surface area (Å²) in [7, 11) is -15.8. The average Bonchev–Trinajstić information content (AvgIpc) is 0.974. The minimum atomic E-state index is -3.96. The molecule has 139 heavy (non-hydrogen) atoms. The Morgan fingerprint density at radius 2 is 0.273 bits per heavy atom. The van der Waals surface area contributed by atoms with E-state index in [1.54, 1.807) is 0 Å². The number of carbonyl (C=O) groups is 20. The first kappa shape index (κ1) is 161. The van der Waals surface area contributed by atoms with Crippen LogP contribution in [-0.4, -0.2) is 314 Å². The van der Waals surface area contributed by atoms with Gasteiger partial charge in [-0.1, -0.05) is 78.9 Å². The van der Waals surface area contributed by atoms with Gasteiger partial charge in [-0.15, -0.1) is 0 Å². The number of hydrogen-bond acceptors (Lipinski definition) is 40. The molecule has 0 spiro atoms. The van der Waals surface area contributed by atoms with Crippen molar-refractivity contribution in [1.82, 2.24) is 0 Å². The molecule has 0 saturated carbocycles. The Bertz CT molecular complexity index is 4070. The molecule has 0 heterocycles. The van der Waals surface area contributed by atoms with E-state index in [4.69, 9.17) is 59.1 Å². The number of esters is 12. The standard InChI is InChI=1S/4C7H12O5S.4C7H10O4.4C6H8O4.3Hf/c4*1-6(2)7(8)12-4-3-5-13(9,10)11;4*1-5(2)7(10)11-4-3-6(8)9;4*1-4(2)6(9)10-3-5(7)8;;;/h4*1,3-5H2,2H3,(H,9,10,11);4*1,3-4H2,2H3,(H,8,9);4*1,3H2,2H3,(H,7,8);;;. The zero-order valence-corrected chi connectivity index (χ0v) is 92.3. The average molecular weight is 2580 g/mol. The Balaban J connectivity index is -0.0000000928. The number of hydrogen-bond donors (Lipinski definition) is 12. The van der Waals surface area contributed by atoms with Crippen molar-refractivity contribution in [1.29, 1.82) is 0 Å². The topological polar surface area (TPSA) is 831 Å². The fourth-order valence-corrected chi connectivity index (χ4v) is 6.47. The van der Waals surface area contributed by atoms with Crippen LogP contribution in [0.15, 0.2) is 146 Å². The second kappa shape index (κ2) is 95.4. The molecule has 12 N–H and O–H groups in total. The van der Waals surface area contributed by atoms with Crippen LogP contribution < -0.4 is 0 Å². The SMILES string of the molecule is C=C(C)C(=O)OCC(=O)O.C=C(C)C(=O)OCC(=O)O.C=C(C)C(=O)OCC(=O)O.C=C(C)C(=O)OCC(=O)O.C=C(C)C(=O)OCCC(=O)O.C=C(C)C(=O)OCCC(=O)O.C=C(C)C(=O)OCCC(=O)O.C=C(C)C(=O)OCCC(=O)O.C=C(C)C(=O)OCCCS(=O)(=O)O.C=C(C)C(=O)OCCCS(=O)(=O)O.C=C(C)C(=O)OCCCS(=O)(=O)O.C=C(C)C(=O)OCCCS(=O)(=O)O.[Hf].[Hf].[Hf]. The van der Waals surface area contributed by atoms with E-state index in [2.05, 4.69) is 136 Å². The molecule has 0 aliphatic rings. The Labute approximate surface area is 859 Å². The molecule has 0 saturated heterocycles. The summed E-state index contributed by atoms with van der Waals surface area (Å²) in [6.45, 7) is 54.6. The van der Waals surface area contributed by atoms with Crippen molar-refractivity contribution >= 4 is 160 Å². The van der Waals surface area contributed by atoms with E-state index in [9.17, 15) is 130 Å². The maximum atomic E-state index is 10.7. The van der Waals surface area contributed by atoms with Crippen molar-refractivity contribution in [2.24, 2.45) is 0 Å². The molecule has 0 rings (SSSR count). The number of rotatable bonds is 48. The predicted octanol–water partition coefficient (Wildman–Crippen LogP) is 4.61. The fraction of sp³-hybridized carbons (Fsp3) is 0.450. The third-order valence-corrected chi connectivity index (χ3v) is 14.0. The Morgan fingerprint density at radius 3 is 0.353 bits per heavy atom. The van der Waals surface area contributed by atoms with Crippen LogP contribution in [0.3, 0.4) is 0 Å². The molecule has 0 aromatic rings. The van der Waals surface area contributed by atoms with Gasteiger partial charge in [-0.3, -0.25) is 37.4 Å². The van der Waals surface area contributed by atoms with Crippen LogP contribution in [0.1, 0.15) is 134 Å². The summed E-state index contributed by atoms with van der Waals surface area (Å²) in [5.74, 6) is -17.4. The van der Waals surface area contributed by atoms with Crippen LogP contribution >= 0.6 is 0 Å². The molecule has 0 aromatic heterocycles. The molecule has 0 fully saturated rings. The molecule has 0 bridgehead atoms. The van der Waals surface area contributed by atoms with Gasteiger partial charge >= 0.3 is 119 Å². The van der Waals surface area contributed by atoms with Crippen LogP contribution in [0, 0.1) is 0 Å². The summed E-state index contributed by atoms with van der Waals surface area (Å²) in [6, 6.07) is 0. The largest absolute Gasteiger partial charge is 0.481 e. The quantitative estimate of drug-likeness (QED) is 0.00988. The second-order valence-electron chi connectivity index (χ2n) is 25.5. The zero-order chi connectivity index (χ0) is 110. The molecule has 0 unspecified atom stereocenters. The van der Waals surface area contributed by atoms with E-state index in [-0.39, 0.29) is 249 Å². The Kier molecular flexibility index (Phi) is 111. The van der Waals surface area contributed by atoms with Crippen LogP contribution in [0.25, 0.3) is 0 Å². The van der Waals surface area contributed by atoms with Gasteiger partial charge in [0.25, 0.3) is 40.5 Å². The smallest absolute Gasteiger partial charge is 0.341 e. The zero-order valence-electron chi connectivity index (χ0n) is 78.3. The first-order valence-electron chi connectivity index (χ1n) is 37.1. The van der Waals surface area contributed by atoms with Crippen molar-refractivity contribution in [3.05, 3.63) is 146 Å². The van der Waals surface area contributed by atoms with Gasteiger partial charge in [-0.05, 0) is 109 Å². The minimum Gasteiger partial charge on any atom is -0.481 e. The second-order valence-corrected chi connectivity index (χ2v) is 31.8. The molecule has 52 nitrogen and oxygen atoms in total. The molecule has 0 atom stereocenters. The van der Waals surface area contributed by atoms with Crippen LogP contribution in [0.2, 0.25) is 0 Å². The van der Waals surface area contributed by atoms with E-state index in [1.165, 1.54) is 83.1 Å². The Hall–Kier alpha value is -11.5. The maximum absolute atomic E-state index is 10.7. The molecular weight excluding hydrogens is 2460 g/mol. The summed E-state index contributed by atoms with van der Waals surface area (Å²) in [5, 5.41) is 64.8. The monoisotopic (exact) mass is 2580 g/mol. The van der Waals surface area contributed by atoms with Gasteiger partial charge in [0.2, 0.25) is 0 Å². The first-order valence-corrected chi connectivity index (χ1v) is 43.5. The number of carboxylic acids is 8. The van der Waals surface area contributed by atoms with E-state index in [0.717, 1.165) is 0 Å². The van der Waals surface area contributed by atoms with E-state index in [0.29, 0.717) is 0 Å². The van der Waals surface area contributed by atoms with Crippen LogP contribution in [-0.2, 0) is 271 Å². The Morgan fingerprint density at radius 1 is 0.180 bits per heavy atom. The predicted molar refractivity (Wildman–Crippen MR) is 473 cm³/mol. The van der Waals surface area contributed by atoms with Gasteiger partial charge in [0.05, 0.1) is 75.1 Å². The molecule has 0 radical (unpaired) electrons. The third-order valence-electron chi connectivity index (χ3n) is 10.8. The van der Waals surface area contributed by atoms with Gasteiger partial charge < -0.3 is 97.7 Å². The summed E-state index contributed by atoms with van der Waals surface area (Å²) < 4.78 is 168. The summed E-state index contributed by atoms with van der Waals surface area (Å²) >= 11 is 0. The normalized spacial score (nSPS) is 9.32. The van der Waals surface area contributed by atoms with Crippen molar-refractivity contribution in [2.75, 3.05) is 102 Å². The summed E-state index contributed by atoms with van der Waals surface area (Å²) in [4.78, 5) is 206. The fourth-order valence-electron chi connectivity index (χ4n) is 4.54. The number of aliphatic carboxylic acids is 8. The summed E-state index contributed by atoms with van der Waals surface area (Å²) in [5.41, 5.74) is 2.90. The molecule has 0 aromatic carbocycles. The van der Waals surface area contributed by atoms with Gasteiger partial charge in [-0.25, -0.2) is 76.7 Å². The van der Waals surface area contributed by atoms with Crippen molar-refractivity contribution in [2.45, 2.75) is 134 Å². The van der Waals surface area contributed by atoms with Gasteiger partial charge in [0.1, 0.15) is 26.4 Å².